The molecule has 0 saturated carbocycles. The van der Waals surface area contributed by atoms with Gasteiger partial charge in [0.15, 0.2) is 3.92 Å². The summed E-state index contributed by atoms with van der Waals surface area (Å²) in [6.45, 7) is 0. The largest absolute Gasteiger partial charge is 0.330 e. The Labute approximate surface area is 109 Å². The lowest BCUT2D eigenvalue weighted by molar-refractivity contribution is 1.07. The number of nitrogens with one attached hydrogen (secondary N) is 1. The van der Waals surface area contributed by atoms with Crippen LogP contribution < -0.4 is 5.32 Å². The summed E-state index contributed by atoms with van der Waals surface area (Å²) in [6, 6.07) is 5.20. The first-order chi connectivity index (χ1) is 7.13. The standard InChI is InChI=1S/C8H4BrCl2N3S/c9-7-13-14-8(15-7)12-6-2-4(10)1-5(11)3-6/h1-3H,(H,12,14). The Morgan fingerprint density at radius 3 is 2.33 bits per heavy atom. The highest BCUT2D eigenvalue weighted by atomic mass is 79.9. The van der Waals surface area contributed by atoms with Gasteiger partial charge in [-0.15, -0.1) is 10.2 Å². The quantitative estimate of drug-likeness (QED) is 0.892. The van der Waals surface area contributed by atoms with E-state index in [1.807, 2.05) is 0 Å². The molecule has 0 aliphatic carbocycles. The lowest BCUT2D eigenvalue weighted by atomic mass is 10.3. The normalized spacial score (nSPS) is 10.3. The number of aromatic nitrogens is 2. The fourth-order valence-corrected chi connectivity index (χ4v) is 2.56. The van der Waals surface area contributed by atoms with Crippen LogP contribution in [-0.2, 0) is 0 Å². The number of hydrogen-bond acceptors (Lipinski definition) is 4. The Bertz CT molecular complexity index is 468. The van der Waals surface area contributed by atoms with Crippen molar-refractivity contribution in [1.29, 1.82) is 0 Å². The van der Waals surface area contributed by atoms with Gasteiger partial charge in [-0.05, 0) is 34.1 Å². The van der Waals surface area contributed by atoms with Gasteiger partial charge in [0.2, 0.25) is 5.13 Å². The van der Waals surface area contributed by atoms with Crippen LogP contribution in [-0.4, -0.2) is 10.2 Å². The van der Waals surface area contributed by atoms with Gasteiger partial charge < -0.3 is 5.32 Å². The minimum atomic E-state index is 0.577. The molecule has 0 amide bonds. The molecule has 3 nitrogen and oxygen atoms in total. The van der Waals surface area contributed by atoms with Crippen LogP contribution in [0.3, 0.4) is 0 Å². The highest BCUT2D eigenvalue weighted by molar-refractivity contribution is 9.11. The van der Waals surface area contributed by atoms with Crippen molar-refractivity contribution in [3.63, 3.8) is 0 Å². The van der Waals surface area contributed by atoms with Crippen LogP contribution in [0.25, 0.3) is 0 Å². The minimum Gasteiger partial charge on any atom is -0.330 e. The zero-order valence-electron chi connectivity index (χ0n) is 7.17. The van der Waals surface area contributed by atoms with E-state index in [4.69, 9.17) is 23.2 Å². The number of nitrogens with zero attached hydrogens (tertiary/aromatic N) is 2. The SMILES string of the molecule is Clc1cc(Cl)cc(Nc2nnc(Br)s2)c1. The molecule has 0 saturated heterocycles. The van der Waals surface area contributed by atoms with Crippen LogP contribution in [0.2, 0.25) is 10.0 Å². The maximum atomic E-state index is 5.86. The maximum absolute atomic E-state index is 5.86. The molecule has 15 heavy (non-hydrogen) atoms. The molecule has 1 aromatic heterocycles. The van der Waals surface area contributed by atoms with E-state index in [1.54, 1.807) is 18.2 Å². The first-order valence-corrected chi connectivity index (χ1v) is 6.22. The summed E-state index contributed by atoms with van der Waals surface area (Å²) in [4.78, 5) is 0. The van der Waals surface area contributed by atoms with E-state index in [0.29, 0.717) is 15.2 Å². The van der Waals surface area contributed by atoms with Gasteiger partial charge in [0.1, 0.15) is 0 Å². The fourth-order valence-electron chi connectivity index (χ4n) is 1.01. The number of hydrogen-bond donors (Lipinski definition) is 1. The second-order valence-corrected chi connectivity index (χ2v) is 5.77. The molecule has 0 fully saturated rings. The van der Waals surface area contributed by atoms with Crippen LogP contribution in [0.5, 0.6) is 0 Å². The van der Waals surface area contributed by atoms with Crippen LogP contribution in [0, 0.1) is 0 Å². The first kappa shape index (κ1) is 11.1. The van der Waals surface area contributed by atoms with E-state index < -0.39 is 0 Å². The monoisotopic (exact) mass is 323 g/mol. The number of rotatable bonds is 2. The van der Waals surface area contributed by atoms with E-state index in [2.05, 4.69) is 31.4 Å². The number of anilines is 2. The zero-order chi connectivity index (χ0) is 10.8. The molecule has 0 atom stereocenters. The molecule has 2 rings (SSSR count). The van der Waals surface area contributed by atoms with Crippen molar-refractivity contribution < 1.29 is 0 Å². The molecule has 1 N–H and O–H groups in total. The Kier molecular flexibility index (Phi) is 3.45. The molecular weight excluding hydrogens is 321 g/mol. The molecule has 0 unspecified atom stereocenters. The molecule has 0 radical (unpaired) electrons. The third-order valence-corrected chi connectivity index (χ3v) is 3.22. The van der Waals surface area contributed by atoms with Crippen LogP contribution in [0.1, 0.15) is 0 Å². The molecule has 0 aliphatic rings. The average molecular weight is 325 g/mol. The van der Waals surface area contributed by atoms with E-state index in [-0.39, 0.29) is 0 Å². The lowest BCUT2D eigenvalue weighted by Crippen LogP contribution is -1.89. The molecule has 0 bridgehead atoms. The highest BCUT2D eigenvalue weighted by Gasteiger charge is 2.03. The zero-order valence-corrected chi connectivity index (χ0v) is 11.1. The van der Waals surface area contributed by atoms with E-state index in [9.17, 15) is 0 Å². The number of benzene rings is 1. The second-order valence-electron chi connectivity index (χ2n) is 2.64. The molecule has 0 aliphatic heterocycles. The van der Waals surface area contributed by atoms with Crippen molar-refractivity contribution in [1.82, 2.24) is 10.2 Å². The smallest absolute Gasteiger partial charge is 0.210 e. The molecule has 2 aromatic rings. The van der Waals surface area contributed by atoms with Gasteiger partial charge in [-0.1, -0.05) is 34.5 Å². The van der Waals surface area contributed by atoms with Crippen LogP contribution in [0.15, 0.2) is 22.1 Å². The third kappa shape index (κ3) is 3.04. The maximum Gasteiger partial charge on any atom is 0.210 e. The minimum absolute atomic E-state index is 0.577. The van der Waals surface area contributed by atoms with Gasteiger partial charge in [0.25, 0.3) is 0 Å². The van der Waals surface area contributed by atoms with Crippen molar-refractivity contribution in [3.8, 4) is 0 Å². The second kappa shape index (κ2) is 4.65. The summed E-state index contributed by atoms with van der Waals surface area (Å²) in [5, 5.41) is 12.6. The van der Waals surface area contributed by atoms with Gasteiger partial charge in [-0.25, -0.2) is 0 Å². The van der Waals surface area contributed by atoms with Gasteiger partial charge >= 0.3 is 0 Å². The predicted molar refractivity (Wildman–Crippen MR) is 67.4 cm³/mol. The van der Waals surface area contributed by atoms with Crippen molar-refractivity contribution in [2.75, 3.05) is 5.32 Å². The molecule has 78 valence electrons. The topological polar surface area (TPSA) is 37.8 Å². The number of halogens is 3. The average Bonchev–Trinajstić information content (AvgIpc) is 2.49. The fraction of sp³-hybridized carbons (Fsp3) is 0. The Morgan fingerprint density at radius 2 is 1.80 bits per heavy atom. The summed E-state index contributed by atoms with van der Waals surface area (Å²) >= 11 is 16.3. The Hall–Kier alpha value is -0.360. The lowest BCUT2D eigenvalue weighted by Gasteiger charge is -2.02. The molecule has 0 spiro atoms. The predicted octanol–water partition coefficient (Wildman–Crippen LogP) is 4.35. The molecule has 1 heterocycles. The van der Waals surface area contributed by atoms with Crippen molar-refractivity contribution in [3.05, 3.63) is 32.2 Å². The van der Waals surface area contributed by atoms with Gasteiger partial charge in [-0.2, -0.15) is 0 Å². The van der Waals surface area contributed by atoms with Gasteiger partial charge in [-0.3, -0.25) is 0 Å². The van der Waals surface area contributed by atoms with Gasteiger partial charge in [0, 0.05) is 15.7 Å². The van der Waals surface area contributed by atoms with E-state index in [0.717, 1.165) is 9.60 Å². The molecule has 1 aromatic carbocycles. The van der Waals surface area contributed by atoms with Crippen molar-refractivity contribution in [2.45, 2.75) is 0 Å². The van der Waals surface area contributed by atoms with Gasteiger partial charge in [0.05, 0.1) is 0 Å². The van der Waals surface area contributed by atoms with E-state index in [1.165, 1.54) is 11.3 Å². The summed E-state index contributed by atoms with van der Waals surface area (Å²) in [6.07, 6.45) is 0. The van der Waals surface area contributed by atoms with Crippen molar-refractivity contribution >= 4 is 61.3 Å². The van der Waals surface area contributed by atoms with Crippen LogP contribution >= 0.6 is 50.5 Å². The first-order valence-electron chi connectivity index (χ1n) is 3.85. The summed E-state index contributed by atoms with van der Waals surface area (Å²) in [5.74, 6) is 0. The third-order valence-electron chi connectivity index (χ3n) is 1.51. The molecule has 7 heteroatoms. The summed E-state index contributed by atoms with van der Waals surface area (Å²) in [7, 11) is 0. The molecular formula is C8H4BrCl2N3S. The Balaban J connectivity index is 2.24. The highest BCUT2D eigenvalue weighted by Crippen LogP contribution is 2.27. The van der Waals surface area contributed by atoms with Crippen LogP contribution in [0.4, 0.5) is 10.8 Å². The Morgan fingerprint density at radius 1 is 1.13 bits per heavy atom. The summed E-state index contributed by atoms with van der Waals surface area (Å²) < 4.78 is 0.720. The van der Waals surface area contributed by atoms with Crippen molar-refractivity contribution in [2.24, 2.45) is 0 Å². The van der Waals surface area contributed by atoms with E-state index >= 15 is 0 Å². The summed E-state index contributed by atoms with van der Waals surface area (Å²) in [5.41, 5.74) is 0.788.